The number of carbonyl (C=O) groups is 2. The summed E-state index contributed by atoms with van der Waals surface area (Å²) < 4.78 is 19.9. The lowest BCUT2D eigenvalue weighted by Crippen LogP contribution is -2.48. The van der Waals surface area contributed by atoms with Crippen LogP contribution < -0.4 is 21.1 Å². The number of para-hydroxylation sites is 2. The van der Waals surface area contributed by atoms with Crippen LogP contribution in [0.4, 0.5) is 4.39 Å². The van der Waals surface area contributed by atoms with Crippen molar-refractivity contribution in [2.75, 3.05) is 0 Å². The fraction of sp³-hybridized carbons (Fsp3) is 0.158. The first-order valence-electron chi connectivity index (χ1n) is 8.40. The highest BCUT2D eigenvalue weighted by Crippen LogP contribution is 2.16. The lowest BCUT2D eigenvalue weighted by Gasteiger charge is -2.15. The quantitative estimate of drug-likeness (QED) is 0.643. The first-order chi connectivity index (χ1) is 13.5. The zero-order chi connectivity index (χ0) is 20.1. The highest BCUT2D eigenvalue weighted by atomic mass is 19.1. The molecule has 2 amide bonds. The smallest absolute Gasteiger partial charge is 0.279 e. The van der Waals surface area contributed by atoms with E-state index in [1.54, 1.807) is 30.3 Å². The first-order valence-corrected chi connectivity index (χ1v) is 8.40. The molecule has 0 aliphatic rings. The van der Waals surface area contributed by atoms with E-state index < -0.39 is 23.7 Å². The Balaban J connectivity index is 1.57. The number of fused-ring (bicyclic) bond motifs is 1. The van der Waals surface area contributed by atoms with Crippen molar-refractivity contribution in [1.29, 1.82) is 0 Å². The predicted molar refractivity (Wildman–Crippen MR) is 98.8 cm³/mol. The summed E-state index contributed by atoms with van der Waals surface area (Å²) >= 11 is 0. The van der Waals surface area contributed by atoms with Crippen LogP contribution in [0.2, 0.25) is 0 Å². The Bertz CT molecular complexity index is 1080. The minimum Gasteiger partial charge on any atom is -0.478 e. The van der Waals surface area contributed by atoms with Crippen LogP contribution in [0.1, 0.15) is 6.92 Å². The van der Waals surface area contributed by atoms with Crippen molar-refractivity contribution >= 4 is 22.7 Å². The Kier molecular flexibility index (Phi) is 5.64. The second-order valence-electron chi connectivity index (χ2n) is 5.92. The van der Waals surface area contributed by atoms with E-state index >= 15 is 0 Å². The Morgan fingerprint density at radius 2 is 1.86 bits per heavy atom. The molecule has 2 N–H and O–H groups in total. The van der Waals surface area contributed by atoms with Crippen molar-refractivity contribution < 1.29 is 18.7 Å². The summed E-state index contributed by atoms with van der Waals surface area (Å²) in [6.45, 7) is 1.07. The molecule has 144 valence electrons. The lowest BCUT2D eigenvalue weighted by atomic mass is 10.2. The van der Waals surface area contributed by atoms with Gasteiger partial charge in [0.1, 0.15) is 6.54 Å². The van der Waals surface area contributed by atoms with Crippen molar-refractivity contribution in [3.8, 4) is 5.75 Å². The molecular weight excluding hydrogens is 367 g/mol. The average molecular weight is 384 g/mol. The maximum Gasteiger partial charge on any atom is 0.279 e. The Labute approximate surface area is 158 Å². The maximum absolute atomic E-state index is 13.6. The van der Waals surface area contributed by atoms with E-state index in [-0.39, 0.29) is 17.9 Å². The highest BCUT2D eigenvalue weighted by molar-refractivity contribution is 5.84. The van der Waals surface area contributed by atoms with Crippen LogP contribution in [0.3, 0.4) is 0 Å². The summed E-state index contributed by atoms with van der Waals surface area (Å²) in [5, 5.41) is 0.383. The molecule has 28 heavy (non-hydrogen) atoms. The third-order valence-electron chi connectivity index (χ3n) is 3.88. The molecule has 8 nitrogen and oxygen atoms in total. The minimum atomic E-state index is -1.05. The van der Waals surface area contributed by atoms with Crippen LogP contribution >= 0.6 is 0 Å². The molecule has 0 bridgehead atoms. The number of ether oxygens (including phenoxy) is 1. The van der Waals surface area contributed by atoms with Crippen LogP contribution in [0.25, 0.3) is 10.9 Å². The van der Waals surface area contributed by atoms with Crippen molar-refractivity contribution in [3.05, 3.63) is 71.0 Å². The summed E-state index contributed by atoms with van der Waals surface area (Å²) in [4.78, 5) is 40.5. The number of aromatic nitrogens is 2. The number of halogens is 1. The maximum atomic E-state index is 13.6. The standard InChI is InChI=1S/C19H17FN4O4/c1-12(28-16-9-5-3-7-14(16)20)18(26)23-22-17(25)10-24-11-21-15-8-4-2-6-13(15)19(24)27/h2-9,11-12H,10H2,1H3,(H,22,25)(H,23,26)/t12-/m1/s1. The molecule has 0 saturated heterocycles. The largest absolute Gasteiger partial charge is 0.478 e. The molecule has 1 aromatic heterocycles. The average Bonchev–Trinajstić information content (AvgIpc) is 2.70. The molecule has 9 heteroatoms. The number of nitrogens with one attached hydrogen (secondary N) is 2. The van der Waals surface area contributed by atoms with E-state index in [9.17, 15) is 18.8 Å². The summed E-state index contributed by atoms with van der Waals surface area (Å²) in [5.74, 6) is -1.99. The number of nitrogens with zero attached hydrogens (tertiary/aromatic N) is 2. The molecule has 2 aromatic carbocycles. The number of hydrazine groups is 1. The van der Waals surface area contributed by atoms with E-state index in [1.807, 2.05) is 0 Å². The Morgan fingerprint density at radius 1 is 1.14 bits per heavy atom. The van der Waals surface area contributed by atoms with Crippen molar-refractivity contribution in [3.63, 3.8) is 0 Å². The molecule has 1 atom stereocenters. The molecule has 3 aromatic rings. The zero-order valence-electron chi connectivity index (χ0n) is 14.9. The monoisotopic (exact) mass is 384 g/mol. The van der Waals surface area contributed by atoms with E-state index in [0.29, 0.717) is 10.9 Å². The van der Waals surface area contributed by atoms with Crippen LogP contribution in [0.5, 0.6) is 5.75 Å². The Morgan fingerprint density at radius 3 is 2.64 bits per heavy atom. The number of hydrogen-bond acceptors (Lipinski definition) is 5. The molecule has 0 spiro atoms. The fourth-order valence-corrected chi connectivity index (χ4v) is 2.43. The first kappa shape index (κ1) is 19.0. The van der Waals surface area contributed by atoms with Crippen LogP contribution in [0, 0.1) is 5.82 Å². The molecule has 0 fully saturated rings. The van der Waals surface area contributed by atoms with Gasteiger partial charge in [-0.3, -0.25) is 29.8 Å². The van der Waals surface area contributed by atoms with Gasteiger partial charge in [0.15, 0.2) is 17.7 Å². The van der Waals surface area contributed by atoms with Crippen molar-refractivity contribution in [2.45, 2.75) is 19.6 Å². The molecule has 0 aliphatic carbocycles. The predicted octanol–water partition coefficient (Wildman–Crippen LogP) is 1.15. The number of benzene rings is 2. The van der Waals surface area contributed by atoms with Crippen LogP contribution in [0.15, 0.2) is 59.7 Å². The number of amides is 2. The van der Waals surface area contributed by atoms with Crippen LogP contribution in [-0.2, 0) is 16.1 Å². The van der Waals surface area contributed by atoms with Gasteiger partial charge in [0.05, 0.1) is 17.2 Å². The molecule has 0 saturated carbocycles. The van der Waals surface area contributed by atoms with Gasteiger partial charge >= 0.3 is 0 Å². The molecule has 0 unspecified atom stereocenters. The number of hydrogen-bond donors (Lipinski definition) is 2. The summed E-state index contributed by atoms with van der Waals surface area (Å²) in [5.41, 5.74) is 4.52. The van der Waals surface area contributed by atoms with Gasteiger partial charge in [-0.25, -0.2) is 9.37 Å². The highest BCUT2D eigenvalue weighted by Gasteiger charge is 2.17. The summed E-state index contributed by atoms with van der Waals surface area (Å²) in [7, 11) is 0. The topological polar surface area (TPSA) is 102 Å². The fourth-order valence-electron chi connectivity index (χ4n) is 2.43. The Hall–Kier alpha value is -3.75. The lowest BCUT2D eigenvalue weighted by molar-refractivity contribution is -0.133. The SMILES string of the molecule is C[C@@H](Oc1ccccc1F)C(=O)NNC(=O)Cn1cnc2ccccc2c1=O. The normalized spacial score (nSPS) is 11.6. The van der Waals surface area contributed by atoms with Crippen molar-refractivity contribution in [2.24, 2.45) is 0 Å². The van der Waals surface area contributed by atoms with E-state index in [2.05, 4.69) is 15.8 Å². The third-order valence-corrected chi connectivity index (χ3v) is 3.88. The molecule has 1 heterocycles. The van der Waals surface area contributed by atoms with Gasteiger partial charge < -0.3 is 4.74 Å². The van der Waals surface area contributed by atoms with Crippen LogP contribution in [-0.4, -0.2) is 27.5 Å². The van der Waals surface area contributed by atoms with Gasteiger partial charge in [-0.2, -0.15) is 0 Å². The van der Waals surface area contributed by atoms with Gasteiger partial charge in [-0.1, -0.05) is 24.3 Å². The minimum absolute atomic E-state index is 0.0785. The van der Waals surface area contributed by atoms with Gasteiger partial charge in [0.2, 0.25) is 0 Å². The second-order valence-corrected chi connectivity index (χ2v) is 5.92. The number of rotatable bonds is 5. The molecule has 0 aliphatic heterocycles. The van der Waals surface area contributed by atoms with Gasteiger partial charge in [-0.15, -0.1) is 0 Å². The summed E-state index contributed by atoms with van der Waals surface area (Å²) in [6.07, 6.45) is 0.206. The molecule has 0 radical (unpaired) electrons. The van der Waals surface area contributed by atoms with E-state index in [4.69, 9.17) is 4.74 Å². The molecular formula is C19H17FN4O4. The van der Waals surface area contributed by atoms with E-state index in [1.165, 1.54) is 31.5 Å². The number of carbonyl (C=O) groups excluding carboxylic acids is 2. The molecule has 3 rings (SSSR count). The summed E-state index contributed by atoms with van der Waals surface area (Å²) in [6, 6.07) is 12.4. The van der Waals surface area contributed by atoms with E-state index in [0.717, 1.165) is 4.57 Å². The zero-order valence-corrected chi connectivity index (χ0v) is 14.9. The van der Waals surface area contributed by atoms with Crippen molar-refractivity contribution in [1.82, 2.24) is 20.4 Å². The second kappa shape index (κ2) is 8.30. The van der Waals surface area contributed by atoms with Gasteiger partial charge in [0.25, 0.3) is 17.4 Å². The van der Waals surface area contributed by atoms with Gasteiger partial charge in [0, 0.05) is 0 Å². The van der Waals surface area contributed by atoms with Gasteiger partial charge in [-0.05, 0) is 31.2 Å². The third kappa shape index (κ3) is 4.32.